The van der Waals surface area contributed by atoms with E-state index in [1.165, 1.54) is 6.21 Å². The number of phenolic OH excluding ortho intramolecular Hbond substituents is 1. The van der Waals surface area contributed by atoms with E-state index in [1.807, 2.05) is 12.1 Å². The Morgan fingerprint density at radius 2 is 1.57 bits per heavy atom. The Balaban J connectivity index is 1.72. The van der Waals surface area contributed by atoms with Gasteiger partial charge in [0.25, 0.3) is 0 Å². The topological polar surface area (TPSA) is 80.2 Å². The van der Waals surface area contributed by atoms with Gasteiger partial charge in [0.15, 0.2) is 0 Å². The van der Waals surface area contributed by atoms with Crippen LogP contribution in [0.2, 0.25) is 0 Å². The molecule has 0 fully saturated rings. The zero-order valence-electron chi connectivity index (χ0n) is 16.3. The van der Waals surface area contributed by atoms with Crippen LogP contribution >= 0.6 is 0 Å². The highest BCUT2D eigenvalue weighted by Crippen LogP contribution is 2.21. The number of nitrogens with one attached hydrogen (secondary N) is 1. The molecule has 3 aromatic carbocycles. The van der Waals surface area contributed by atoms with Gasteiger partial charge in [-0.3, -0.25) is 4.79 Å². The number of nitrogens with zero attached hydrogens (tertiary/aromatic N) is 1. The van der Waals surface area contributed by atoms with E-state index >= 15 is 0 Å². The molecule has 0 aliphatic carbocycles. The summed E-state index contributed by atoms with van der Waals surface area (Å²) in [7, 11) is 0. The van der Waals surface area contributed by atoms with Crippen LogP contribution in [0.5, 0.6) is 17.2 Å². The second-order valence-corrected chi connectivity index (χ2v) is 6.28. The fourth-order valence-corrected chi connectivity index (χ4v) is 2.63. The van der Waals surface area contributed by atoms with Gasteiger partial charge in [0, 0.05) is 5.56 Å². The molecule has 0 spiro atoms. The van der Waals surface area contributed by atoms with Crippen molar-refractivity contribution in [3.8, 4) is 17.2 Å². The lowest BCUT2D eigenvalue weighted by atomic mass is 10.1. The summed E-state index contributed by atoms with van der Waals surface area (Å²) in [4.78, 5) is 12.6. The number of allylic oxidation sites excluding steroid dienone is 1. The molecule has 2 N–H and O–H groups in total. The van der Waals surface area contributed by atoms with Crippen molar-refractivity contribution in [1.29, 1.82) is 0 Å². The summed E-state index contributed by atoms with van der Waals surface area (Å²) in [6, 6.07) is 23.0. The minimum absolute atomic E-state index is 0.0908. The zero-order chi connectivity index (χ0) is 21.2. The van der Waals surface area contributed by atoms with Crippen molar-refractivity contribution in [2.45, 2.75) is 12.7 Å². The van der Waals surface area contributed by atoms with Crippen molar-refractivity contribution in [2.24, 2.45) is 5.10 Å². The molecule has 0 atom stereocenters. The van der Waals surface area contributed by atoms with E-state index in [0.29, 0.717) is 23.5 Å². The lowest BCUT2D eigenvalue weighted by Crippen LogP contribution is -2.40. The van der Waals surface area contributed by atoms with Crippen LogP contribution in [0.1, 0.15) is 11.1 Å². The molecule has 30 heavy (non-hydrogen) atoms. The van der Waals surface area contributed by atoms with Gasteiger partial charge in [0.2, 0.25) is 0 Å². The van der Waals surface area contributed by atoms with Gasteiger partial charge in [-0.15, -0.1) is 6.58 Å². The van der Waals surface area contributed by atoms with Crippen LogP contribution in [0.15, 0.2) is 96.6 Å². The highest BCUT2D eigenvalue weighted by Gasteiger charge is 2.22. The van der Waals surface area contributed by atoms with Crippen LogP contribution in [-0.2, 0) is 11.2 Å². The monoisotopic (exact) mass is 402 g/mol. The number of hydrogen-bond donors (Lipinski definition) is 2. The van der Waals surface area contributed by atoms with E-state index < -0.39 is 12.2 Å². The standard InChI is InChI=1S/C24H22N2O4/c1-2-10-18-11-9-12-19(22(18)27)17-25-26-23(28)24(29-20-13-5-3-6-14-20)30-21-15-7-4-8-16-21/h2-9,11-17,24,27H,1,10H2,(H,26,28)/b25-17+. The Hall–Kier alpha value is -4.06. The van der Waals surface area contributed by atoms with Crippen molar-refractivity contribution < 1.29 is 19.4 Å². The maximum atomic E-state index is 12.6. The minimum atomic E-state index is -1.26. The summed E-state index contributed by atoms with van der Waals surface area (Å²) in [5.41, 5.74) is 3.59. The first-order valence-corrected chi connectivity index (χ1v) is 9.35. The molecule has 0 bridgehead atoms. The van der Waals surface area contributed by atoms with E-state index in [0.717, 1.165) is 5.56 Å². The molecule has 0 saturated carbocycles. The number of aromatic hydroxyl groups is 1. The largest absolute Gasteiger partial charge is 0.507 e. The van der Waals surface area contributed by atoms with Crippen LogP contribution in [0.4, 0.5) is 0 Å². The molecule has 0 heterocycles. The molecule has 6 nitrogen and oxygen atoms in total. The van der Waals surface area contributed by atoms with E-state index in [2.05, 4.69) is 17.1 Å². The van der Waals surface area contributed by atoms with Crippen molar-refractivity contribution >= 4 is 12.1 Å². The number of benzene rings is 3. The van der Waals surface area contributed by atoms with E-state index in [9.17, 15) is 9.90 Å². The molecule has 3 aromatic rings. The number of phenols is 1. The van der Waals surface area contributed by atoms with Gasteiger partial charge < -0.3 is 14.6 Å². The van der Waals surface area contributed by atoms with E-state index in [4.69, 9.17) is 9.47 Å². The third-order valence-corrected chi connectivity index (χ3v) is 4.08. The molecule has 3 rings (SSSR count). The molecule has 1 amide bonds. The number of para-hydroxylation sites is 3. The van der Waals surface area contributed by atoms with Gasteiger partial charge in [0.05, 0.1) is 6.21 Å². The van der Waals surface area contributed by atoms with Crippen LogP contribution in [0.25, 0.3) is 0 Å². The lowest BCUT2D eigenvalue weighted by Gasteiger charge is -2.18. The highest BCUT2D eigenvalue weighted by atomic mass is 16.7. The molecule has 0 saturated heterocycles. The van der Waals surface area contributed by atoms with Gasteiger partial charge in [-0.05, 0) is 42.3 Å². The molecule has 152 valence electrons. The molecule has 0 aliphatic heterocycles. The second-order valence-electron chi connectivity index (χ2n) is 6.28. The van der Waals surface area contributed by atoms with Crippen molar-refractivity contribution in [3.63, 3.8) is 0 Å². The van der Waals surface area contributed by atoms with Crippen LogP contribution in [-0.4, -0.2) is 23.5 Å². The van der Waals surface area contributed by atoms with Crippen molar-refractivity contribution in [1.82, 2.24) is 5.43 Å². The van der Waals surface area contributed by atoms with E-state index in [1.54, 1.807) is 72.8 Å². The van der Waals surface area contributed by atoms with Crippen LogP contribution in [0.3, 0.4) is 0 Å². The summed E-state index contributed by atoms with van der Waals surface area (Å²) in [5, 5.41) is 14.2. The van der Waals surface area contributed by atoms with Crippen LogP contribution in [0, 0.1) is 0 Å². The first kappa shape index (κ1) is 20.7. The summed E-state index contributed by atoms with van der Waals surface area (Å²) >= 11 is 0. The predicted octanol–water partition coefficient (Wildman–Crippen LogP) is 4.05. The molecule has 0 unspecified atom stereocenters. The molecule has 0 radical (unpaired) electrons. The molecular weight excluding hydrogens is 380 g/mol. The third-order valence-electron chi connectivity index (χ3n) is 4.08. The summed E-state index contributed by atoms with van der Waals surface area (Å²) in [6.45, 7) is 3.67. The average molecular weight is 402 g/mol. The number of hydrogen-bond acceptors (Lipinski definition) is 5. The summed E-state index contributed by atoms with van der Waals surface area (Å²) < 4.78 is 11.4. The van der Waals surface area contributed by atoms with Gasteiger partial charge in [0.1, 0.15) is 17.2 Å². The van der Waals surface area contributed by atoms with Crippen LogP contribution < -0.4 is 14.9 Å². The third kappa shape index (κ3) is 5.72. The first-order chi connectivity index (χ1) is 14.7. The summed E-state index contributed by atoms with van der Waals surface area (Å²) in [6.07, 6.45) is 2.33. The maximum Gasteiger partial charge on any atom is 0.323 e. The highest BCUT2D eigenvalue weighted by molar-refractivity contribution is 5.86. The van der Waals surface area contributed by atoms with Crippen molar-refractivity contribution in [2.75, 3.05) is 0 Å². The normalized spacial score (nSPS) is 10.7. The number of ether oxygens (including phenoxy) is 2. The SMILES string of the molecule is C=CCc1cccc(/C=N/NC(=O)C(Oc2ccccc2)Oc2ccccc2)c1O. The average Bonchev–Trinajstić information content (AvgIpc) is 2.77. The molecule has 0 aliphatic rings. The molecule has 6 heteroatoms. The molecule has 0 aromatic heterocycles. The molecular formula is C24H22N2O4. The number of rotatable bonds is 9. The van der Waals surface area contributed by atoms with Gasteiger partial charge in [-0.2, -0.15) is 5.10 Å². The Bertz CT molecular complexity index is 963. The van der Waals surface area contributed by atoms with Gasteiger partial charge in [-0.25, -0.2) is 5.43 Å². The second kappa shape index (κ2) is 10.5. The van der Waals surface area contributed by atoms with Crippen molar-refractivity contribution in [3.05, 3.63) is 103 Å². The quantitative estimate of drug-likeness (QED) is 0.245. The zero-order valence-corrected chi connectivity index (χ0v) is 16.3. The Labute approximate surface area is 175 Å². The van der Waals surface area contributed by atoms with Gasteiger partial charge >= 0.3 is 12.2 Å². The smallest absolute Gasteiger partial charge is 0.323 e. The number of carbonyl (C=O) groups is 1. The van der Waals surface area contributed by atoms with Gasteiger partial charge in [-0.1, -0.05) is 54.6 Å². The maximum absolute atomic E-state index is 12.6. The lowest BCUT2D eigenvalue weighted by molar-refractivity contribution is -0.140. The Kier molecular flexibility index (Phi) is 7.22. The fourth-order valence-electron chi connectivity index (χ4n) is 2.63. The number of carbonyl (C=O) groups excluding carboxylic acids is 1. The predicted molar refractivity (Wildman–Crippen MR) is 116 cm³/mol. The summed E-state index contributed by atoms with van der Waals surface area (Å²) in [5.74, 6) is 0.452. The number of hydrazone groups is 1. The Morgan fingerprint density at radius 3 is 2.13 bits per heavy atom. The Morgan fingerprint density at radius 1 is 0.967 bits per heavy atom. The number of amides is 1. The first-order valence-electron chi connectivity index (χ1n) is 9.35. The fraction of sp³-hybridized carbons (Fsp3) is 0.0833. The minimum Gasteiger partial charge on any atom is -0.507 e. The van der Waals surface area contributed by atoms with E-state index in [-0.39, 0.29) is 5.75 Å².